The van der Waals surface area contributed by atoms with Crippen molar-refractivity contribution in [2.45, 2.75) is 40.2 Å². The van der Waals surface area contributed by atoms with Crippen molar-refractivity contribution in [2.75, 3.05) is 11.1 Å². The van der Waals surface area contributed by atoms with E-state index in [-0.39, 0.29) is 18.3 Å². The monoisotopic (exact) mass is 571 g/mol. The maximum absolute atomic E-state index is 13.4. The zero-order valence-electron chi connectivity index (χ0n) is 22.8. The standard InChI is InChI=1S/C32H30ClN3O3S/c1-19-14-20(2)30(21(3)15-19)36-27(37)18-40-31-26(16-34)29(24-10-12-25(33)13-11-24)28(22(4)35-31)32(38)39-17-23-8-6-5-7-9-23/h5-15,29,35H,17-18H2,1-4H3,(H,36,37)/t29-/m0/s1. The lowest BCUT2D eigenvalue weighted by Gasteiger charge is -2.29. The molecule has 1 aliphatic rings. The van der Waals surface area contributed by atoms with Crippen LogP contribution in [0.4, 0.5) is 5.69 Å². The number of rotatable bonds is 8. The smallest absolute Gasteiger partial charge is 0.337 e. The highest BCUT2D eigenvalue weighted by atomic mass is 35.5. The lowest BCUT2D eigenvalue weighted by Crippen LogP contribution is -2.29. The van der Waals surface area contributed by atoms with Gasteiger partial charge in [-0.2, -0.15) is 5.26 Å². The molecule has 2 N–H and O–H groups in total. The number of allylic oxidation sites excluding steroid dienone is 2. The van der Waals surface area contributed by atoms with E-state index in [1.54, 1.807) is 31.2 Å². The number of nitriles is 1. The summed E-state index contributed by atoms with van der Waals surface area (Å²) in [7, 11) is 0. The zero-order valence-corrected chi connectivity index (χ0v) is 24.4. The first-order chi connectivity index (χ1) is 19.2. The lowest BCUT2D eigenvalue weighted by molar-refractivity contribution is -0.140. The van der Waals surface area contributed by atoms with Gasteiger partial charge in [-0.1, -0.05) is 83.5 Å². The number of aryl methyl sites for hydroxylation is 3. The van der Waals surface area contributed by atoms with E-state index >= 15 is 0 Å². The number of esters is 1. The van der Waals surface area contributed by atoms with Gasteiger partial charge in [-0.15, -0.1) is 0 Å². The molecule has 4 rings (SSSR count). The maximum atomic E-state index is 13.4. The highest BCUT2D eigenvalue weighted by molar-refractivity contribution is 8.03. The molecule has 1 amide bonds. The third-order valence-corrected chi connectivity index (χ3v) is 7.84. The summed E-state index contributed by atoms with van der Waals surface area (Å²) in [5.74, 6) is -1.31. The largest absolute Gasteiger partial charge is 0.457 e. The topological polar surface area (TPSA) is 91.2 Å². The quantitative estimate of drug-likeness (QED) is 0.281. The van der Waals surface area contributed by atoms with E-state index in [1.807, 2.05) is 63.2 Å². The molecule has 0 unspecified atom stereocenters. The Hall–Kier alpha value is -3.99. The molecule has 3 aromatic rings. The fourth-order valence-electron chi connectivity index (χ4n) is 4.78. The van der Waals surface area contributed by atoms with Crippen molar-refractivity contribution < 1.29 is 14.3 Å². The number of anilines is 1. The summed E-state index contributed by atoms with van der Waals surface area (Å²) in [5.41, 5.74) is 6.72. The van der Waals surface area contributed by atoms with Crippen molar-refractivity contribution in [1.29, 1.82) is 5.26 Å². The molecule has 6 nitrogen and oxygen atoms in total. The van der Waals surface area contributed by atoms with Crippen molar-refractivity contribution in [3.05, 3.63) is 121 Å². The molecule has 1 aliphatic heterocycles. The van der Waals surface area contributed by atoms with Crippen LogP contribution < -0.4 is 10.6 Å². The van der Waals surface area contributed by atoms with Crippen LogP contribution in [0, 0.1) is 32.1 Å². The number of carbonyl (C=O) groups is 2. The number of halogens is 1. The van der Waals surface area contributed by atoms with Gasteiger partial charge in [0.15, 0.2) is 0 Å². The Morgan fingerprint density at radius 3 is 2.30 bits per heavy atom. The molecule has 0 fully saturated rings. The van der Waals surface area contributed by atoms with E-state index in [0.717, 1.165) is 33.5 Å². The van der Waals surface area contributed by atoms with Crippen LogP contribution in [0.3, 0.4) is 0 Å². The van der Waals surface area contributed by atoms with Gasteiger partial charge in [0.1, 0.15) is 6.61 Å². The van der Waals surface area contributed by atoms with E-state index in [4.69, 9.17) is 16.3 Å². The van der Waals surface area contributed by atoms with Crippen LogP contribution >= 0.6 is 23.4 Å². The number of nitrogens with zero attached hydrogens (tertiary/aromatic N) is 1. The summed E-state index contributed by atoms with van der Waals surface area (Å²) < 4.78 is 5.67. The molecule has 0 radical (unpaired) electrons. The van der Waals surface area contributed by atoms with Crippen LogP contribution in [0.25, 0.3) is 0 Å². The van der Waals surface area contributed by atoms with Crippen LogP contribution in [0.1, 0.15) is 40.7 Å². The Morgan fingerprint density at radius 1 is 1.02 bits per heavy atom. The minimum absolute atomic E-state index is 0.0781. The van der Waals surface area contributed by atoms with Crippen LogP contribution in [-0.2, 0) is 20.9 Å². The molecule has 0 bridgehead atoms. The van der Waals surface area contributed by atoms with Crippen molar-refractivity contribution in [1.82, 2.24) is 5.32 Å². The van der Waals surface area contributed by atoms with Gasteiger partial charge in [-0.05, 0) is 62.1 Å². The maximum Gasteiger partial charge on any atom is 0.337 e. The molecule has 1 atom stereocenters. The number of benzene rings is 3. The Morgan fingerprint density at radius 2 is 1.68 bits per heavy atom. The summed E-state index contributed by atoms with van der Waals surface area (Å²) in [6.07, 6.45) is 0. The van der Waals surface area contributed by atoms with E-state index in [0.29, 0.717) is 26.9 Å². The summed E-state index contributed by atoms with van der Waals surface area (Å²) in [5, 5.41) is 17.5. The molecule has 40 heavy (non-hydrogen) atoms. The SMILES string of the molecule is CC1=C(C(=O)OCc2ccccc2)[C@@H](c2ccc(Cl)cc2)C(C#N)=C(SCC(=O)Nc2c(C)cc(C)cc2C)N1. The average Bonchev–Trinajstić information content (AvgIpc) is 2.93. The van der Waals surface area contributed by atoms with Gasteiger partial charge in [0.05, 0.1) is 33.9 Å². The van der Waals surface area contributed by atoms with Crippen LogP contribution in [0.2, 0.25) is 5.02 Å². The van der Waals surface area contributed by atoms with Crippen molar-refractivity contribution in [3.63, 3.8) is 0 Å². The number of nitrogens with one attached hydrogen (secondary N) is 2. The van der Waals surface area contributed by atoms with Crippen LogP contribution in [0.5, 0.6) is 0 Å². The highest BCUT2D eigenvalue weighted by Gasteiger charge is 2.35. The van der Waals surface area contributed by atoms with E-state index < -0.39 is 11.9 Å². The van der Waals surface area contributed by atoms with Gasteiger partial charge < -0.3 is 15.4 Å². The van der Waals surface area contributed by atoms with Crippen molar-refractivity contribution >= 4 is 40.9 Å². The van der Waals surface area contributed by atoms with E-state index in [2.05, 4.69) is 16.7 Å². The summed E-state index contributed by atoms with van der Waals surface area (Å²) in [6.45, 7) is 7.83. The van der Waals surface area contributed by atoms with Crippen LogP contribution in [0.15, 0.2) is 88.6 Å². The number of ether oxygens (including phenoxy) is 1. The molecule has 0 saturated carbocycles. The molecular weight excluding hydrogens is 542 g/mol. The Kier molecular flexibility index (Phi) is 9.36. The number of amides is 1. The van der Waals surface area contributed by atoms with E-state index in [1.165, 1.54) is 11.8 Å². The summed E-state index contributed by atoms with van der Waals surface area (Å²) in [4.78, 5) is 26.3. The molecule has 0 saturated heterocycles. The second-order valence-corrected chi connectivity index (χ2v) is 11.1. The molecule has 3 aromatic carbocycles. The van der Waals surface area contributed by atoms with Gasteiger partial charge in [-0.3, -0.25) is 4.79 Å². The third kappa shape index (κ3) is 6.77. The van der Waals surface area contributed by atoms with Crippen LogP contribution in [-0.4, -0.2) is 17.6 Å². The van der Waals surface area contributed by atoms with Crippen molar-refractivity contribution in [2.24, 2.45) is 0 Å². The number of carbonyl (C=O) groups excluding carboxylic acids is 2. The molecule has 8 heteroatoms. The van der Waals surface area contributed by atoms with Gasteiger partial charge >= 0.3 is 5.97 Å². The van der Waals surface area contributed by atoms with Gasteiger partial charge in [0.2, 0.25) is 5.91 Å². The van der Waals surface area contributed by atoms with Crippen molar-refractivity contribution in [3.8, 4) is 6.07 Å². The first-order valence-electron chi connectivity index (χ1n) is 12.8. The molecule has 0 aliphatic carbocycles. The summed E-state index contributed by atoms with van der Waals surface area (Å²) >= 11 is 7.36. The second-order valence-electron chi connectivity index (χ2n) is 9.68. The predicted molar refractivity (Wildman–Crippen MR) is 161 cm³/mol. The minimum atomic E-state index is -0.682. The Balaban J connectivity index is 1.59. The molecule has 0 spiro atoms. The van der Waals surface area contributed by atoms with Gasteiger partial charge in [0, 0.05) is 16.4 Å². The lowest BCUT2D eigenvalue weighted by atomic mass is 9.82. The second kappa shape index (κ2) is 12.9. The van der Waals surface area contributed by atoms with E-state index in [9.17, 15) is 14.9 Å². The number of dihydropyridines is 1. The predicted octanol–water partition coefficient (Wildman–Crippen LogP) is 7.08. The fraction of sp³-hybridized carbons (Fsp3) is 0.219. The normalized spacial score (nSPS) is 14.8. The zero-order chi connectivity index (χ0) is 28.8. The first kappa shape index (κ1) is 29.0. The van der Waals surface area contributed by atoms with Gasteiger partial charge in [-0.25, -0.2) is 4.79 Å². The fourth-order valence-corrected chi connectivity index (χ4v) is 5.79. The minimum Gasteiger partial charge on any atom is -0.457 e. The first-order valence-corrected chi connectivity index (χ1v) is 14.1. The number of thioether (sulfide) groups is 1. The summed E-state index contributed by atoms with van der Waals surface area (Å²) in [6, 6.07) is 22.8. The molecule has 0 aromatic heterocycles. The number of hydrogen-bond donors (Lipinski definition) is 2. The van der Waals surface area contributed by atoms with Gasteiger partial charge in [0.25, 0.3) is 0 Å². The average molecular weight is 572 g/mol. The number of hydrogen-bond acceptors (Lipinski definition) is 6. The third-order valence-electron chi connectivity index (χ3n) is 6.57. The Labute approximate surface area is 244 Å². The molecular formula is C32H30ClN3O3S. The Bertz CT molecular complexity index is 1520. The highest BCUT2D eigenvalue weighted by Crippen LogP contribution is 2.41. The molecule has 1 heterocycles. The molecule has 204 valence electrons.